The van der Waals surface area contributed by atoms with Crippen molar-refractivity contribution in [2.24, 2.45) is 0 Å². The van der Waals surface area contributed by atoms with Gasteiger partial charge >= 0.3 is 0 Å². The number of nitrogens with one attached hydrogen (secondary N) is 1. The van der Waals surface area contributed by atoms with Crippen LogP contribution in [-0.4, -0.2) is 24.0 Å². The third-order valence-electron chi connectivity index (χ3n) is 4.95. The summed E-state index contributed by atoms with van der Waals surface area (Å²) in [6.45, 7) is 2.10. The maximum absolute atomic E-state index is 12.5. The van der Waals surface area contributed by atoms with Crippen LogP contribution in [0.4, 0.5) is 11.5 Å². The van der Waals surface area contributed by atoms with Crippen LogP contribution < -0.4 is 10.2 Å². The van der Waals surface area contributed by atoms with Crippen LogP contribution in [0.5, 0.6) is 0 Å². The van der Waals surface area contributed by atoms with Gasteiger partial charge < -0.3 is 10.2 Å². The van der Waals surface area contributed by atoms with Gasteiger partial charge in [0.2, 0.25) is 0 Å². The third kappa shape index (κ3) is 3.69. The number of pyridine rings is 1. The Kier molecular flexibility index (Phi) is 4.82. The smallest absolute Gasteiger partial charge is 0.257 e. The van der Waals surface area contributed by atoms with Gasteiger partial charge in [-0.15, -0.1) is 0 Å². The molecule has 4 rings (SSSR count). The van der Waals surface area contributed by atoms with Crippen LogP contribution in [0, 0.1) is 0 Å². The molecule has 1 aliphatic heterocycles. The molecule has 132 valence electrons. The molecule has 0 unspecified atom stereocenters. The minimum atomic E-state index is -0.129. The Bertz CT molecular complexity index is 897. The summed E-state index contributed by atoms with van der Waals surface area (Å²) in [6, 6.07) is 17.9. The fourth-order valence-corrected chi connectivity index (χ4v) is 3.48. The number of amides is 1. The van der Waals surface area contributed by atoms with E-state index in [4.69, 9.17) is 0 Å². The molecule has 0 bridgehead atoms. The van der Waals surface area contributed by atoms with E-state index in [9.17, 15) is 4.79 Å². The first-order valence-electron chi connectivity index (χ1n) is 9.31. The molecule has 2 heterocycles. The summed E-state index contributed by atoms with van der Waals surface area (Å²) in [5.41, 5.74) is 1.38. The molecule has 1 aliphatic rings. The van der Waals surface area contributed by atoms with Gasteiger partial charge in [0, 0.05) is 25.0 Å². The van der Waals surface area contributed by atoms with E-state index >= 15 is 0 Å². The summed E-state index contributed by atoms with van der Waals surface area (Å²) in [5, 5.41) is 5.24. The molecule has 1 saturated heterocycles. The second-order valence-corrected chi connectivity index (χ2v) is 6.82. The number of rotatable bonds is 3. The molecule has 0 radical (unpaired) electrons. The first kappa shape index (κ1) is 16.6. The average Bonchev–Trinajstić information content (AvgIpc) is 2.97. The van der Waals surface area contributed by atoms with Crippen LogP contribution in [0.3, 0.4) is 0 Å². The van der Waals surface area contributed by atoms with E-state index in [0.29, 0.717) is 5.56 Å². The zero-order valence-electron chi connectivity index (χ0n) is 14.8. The number of carbonyl (C=O) groups is 1. The fraction of sp³-hybridized carbons (Fsp3) is 0.273. The lowest BCUT2D eigenvalue weighted by molar-refractivity contribution is 0.102. The maximum atomic E-state index is 12.5. The molecule has 26 heavy (non-hydrogen) atoms. The standard InChI is InChI=1S/C22H23N3O/c26-22(24-20-11-9-17-7-3-4-8-18(17)15-20)19-10-12-21(23-16-19)25-13-5-1-2-6-14-25/h3-4,7-12,15-16H,1-2,5-6,13-14H2,(H,24,26). The molecule has 0 spiro atoms. The van der Waals surface area contributed by atoms with E-state index in [1.807, 2.05) is 48.5 Å². The van der Waals surface area contributed by atoms with E-state index in [0.717, 1.165) is 35.4 Å². The molecule has 4 nitrogen and oxygen atoms in total. The number of hydrogen-bond donors (Lipinski definition) is 1. The maximum Gasteiger partial charge on any atom is 0.257 e. The van der Waals surface area contributed by atoms with Crippen LogP contribution in [0.1, 0.15) is 36.0 Å². The van der Waals surface area contributed by atoms with Crippen LogP contribution in [0.2, 0.25) is 0 Å². The van der Waals surface area contributed by atoms with Crippen molar-refractivity contribution < 1.29 is 4.79 Å². The highest BCUT2D eigenvalue weighted by Gasteiger charge is 2.12. The first-order valence-corrected chi connectivity index (χ1v) is 9.31. The Balaban J connectivity index is 1.47. The molecule has 4 heteroatoms. The van der Waals surface area contributed by atoms with E-state index < -0.39 is 0 Å². The molecule has 0 aliphatic carbocycles. The van der Waals surface area contributed by atoms with Crippen LogP contribution in [0.25, 0.3) is 10.8 Å². The van der Waals surface area contributed by atoms with Crippen molar-refractivity contribution in [3.8, 4) is 0 Å². The van der Waals surface area contributed by atoms with Gasteiger partial charge in [0.15, 0.2) is 0 Å². The van der Waals surface area contributed by atoms with E-state index in [1.54, 1.807) is 6.20 Å². The van der Waals surface area contributed by atoms with Gasteiger partial charge in [0.05, 0.1) is 5.56 Å². The largest absolute Gasteiger partial charge is 0.357 e. The van der Waals surface area contributed by atoms with Crippen molar-refractivity contribution in [2.45, 2.75) is 25.7 Å². The van der Waals surface area contributed by atoms with Gasteiger partial charge in [-0.05, 0) is 47.9 Å². The number of hydrogen-bond acceptors (Lipinski definition) is 3. The van der Waals surface area contributed by atoms with Crippen molar-refractivity contribution in [1.82, 2.24) is 4.98 Å². The van der Waals surface area contributed by atoms with Crippen LogP contribution >= 0.6 is 0 Å². The zero-order valence-corrected chi connectivity index (χ0v) is 14.8. The highest BCUT2D eigenvalue weighted by molar-refractivity contribution is 6.05. The quantitative estimate of drug-likeness (QED) is 0.737. The summed E-state index contributed by atoms with van der Waals surface area (Å²) in [6.07, 6.45) is 6.69. The van der Waals surface area contributed by atoms with Crippen molar-refractivity contribution in [2.75, 3.05) is 23.3 Å². The molecule has 1 N–H and O–H groups in total. The van der Waals surface area contributed by atoms with Crippen molar-refractivity contribution in [1.29, 1.82) is 0 Å². The summed E-state index contributed by atoms with van der Waals surface area (Å²) >= 11 is 0. The summed E-state index contributed by atoms with van der Waals surface area (Å²) in [4.78, 5) is 19.4. The van der Waals surface area contributed by atoms with Gasteiger partial charge in [-0.2, -0.15) is 0 Å². The van der Waals surface area contributed by atoms with E-state index in [-0.39, 0.29) is 5.91 Å². The molecule has 3 aromatic rings. The lowest BCUT2D eigenvalue weighted by Crippen LogP contribution is -2.25. The second-order valence-electron chi connectivity index (χ2n) is 6.82. The number of fused-ring (bicyclic) bond motifs is 1. The second kappa shape index (κ2) is 7.56. The number of anilines is 2. The SMILES string of the molecule is O=C(Nc1ccc2ccccc2c1)c1ccc(N2CCCCCC2)nc1. The average molecular weight is 345 g/mol. The lowest BCUT2D eigenvalue weighted by atomic mass is 10.1. The molecular weight excluding hydrogens is 322 g/mol. The first-order chi connectivity index (χ1) is 12.8. The fourth-order valence-electron chi connectivity index (χ4n) is 3.48. The molecule has 1 aromatic heterocycles. The van der Waals surface area contributed by atoms with Gasteiger partial charge in [-0.25, -0.2) is 4.98 Å². The Labute approximate surface area is 153 Å². The molecular formula is C22H23N3O. The summed E-state index contributed by atoms with van der Waals surface area (Å²) < 4.78 is 0. The van der Waals surface area contributed by atoms with Gasteiger partial charge in [-0.1, -0.05) is 43.2 Å². The Morgan fingerprint density at radius 3 is 2.38 bits per heavy atom. The molecule has 0 saturated carbocycles. The van der Waals surface area contributed by atoms with Crippen molar-refractivity contribution >= 4 is 28.2 Å². The Morgan fingerprint density at radius 1 is 0.885 bits per heavy atom. The lowest BCUT2D eigenvalue weighted by Gasteiger charge is -2.21. The molecule has 0 atom stereocenters. The molecule has 1 fully saturated rings. The van der Waals surface area contributed by atoms with Gasteiger partial charge in [0.25, 0.3) is 5.91 Å². The van der Waals surface area contributed by atoms with Gasteiger partial charge in [0.1, 0.15) is 5.82 Å². The molecule has 2 aromatic carbocycles. The highest BCUT2D eigenvalue weighted by atomic mass is 16.1. The normalized spacial score (nSPS) is 14.8. The van der Waals surface area contributed by atoms with Gasteiger partial charge in [-0.3, -0.25) is 4.79 Å². The minimum absolute atomic E-state index is 0.129. The summed E-state index contributed by atoms with van der Waals surface area (Å²) in [7, 11) is 0. The minimum Gasteiger partial charge on any atom is -0.357 e. The predicted molar refractivity (Wildman–Crippen MR) is 107 cm³/mol. The number of nitrogens with zero attached hydrogens (tertiary/aromatic N) is 2. The Hall–Kier alpha value is -2.88. The number of aromatic nitrogens is 1. The monoisotopic (exact) mass is 345 g/mol. The van der Waals surface area contributed by atoms with Crippen LogP contribution in [0.15, 0.2) is 60.8 Å². The third-order valence-corrected chi connectivity index (χ3v) is 4.95. The molecule has 1 amide bonds. The van der Waals surface area contributed by atoms with E-state index in [1.165, 1.54) is 25.7 Å². The highest BCUT2D eigenvalue weighted by Crippen LogP contribution is 2.20. The van der Waals surface area contributed by atoms with E-state index in [2.05, 4.69) is 21.3 Å². The Morgan fingerprint density at radius 2 is 1.65 bits per heavy atom. The topological polar surface area (TPSA) is 45.2 Å². The number of benzene rings is 2. The predicted octanol–water partition coefficient (Wildman–Crippen LogP) is 4.87. The zero-order chi connectivity index (χ0) is 17.8. The van der Waals surface area contributed by atoms with Crippen molar-refractivity contribution in [3.05, 3.63) is 66.4 Å². The van der Waals surface area contributed by atoms with Crippen LogP contribution in [-0.2, 0) is 0 Å². The summed E-state index contributed by atoms with van der Waals surface area (Å²) in [5.74, 6) is 0.837. The number of carbonyl (C=O) groups excluding carboxylic acids is 1. The van der Waals surface area contributed by atoms with Crippen molar-refractivity contribution in [3.63, 3.8) is 0 Å².